The van der Waals surface area contributed by atoms with Gasteiger partial charge in [0.1, 0.15) is 6.54 Å². The van der Waals surface area contributed by atoms with Crippen LogP contribution < -0.4 is 0 Å². The molecule has 4 rings (SSSR count). The Labute approximate surface area is 155 Å². The average Bonchev–Trinajstić information content (AvgIpc) is 3.36. The number of rotatable bonds is 5. The first-order chi connectivity index (χ1) is 12.9. The lowest BCUT2D eigenvalue weighted by Gasteiger charge is -2.42. The van der Waals surface area contributed by atoms with Gasteiger partial charge in [-0.2, -0.15) is 18.2 Å². The molecule has 1 aromatic heterocycles. The summed E-state index contributed by atoms with van der Waals surface area (Å²) in [6, 6.07) is -0.437. The number of alkyl halides is 3. The molecule has 0 bridgehead atoms. The van der Waals surface area contributed by atoms with Crippen LogP contribution in [0.15, 0.2) is 4.52 Å². The van der Waals surface area contributed by atoms with Crippen LogP contribution in [-0.2, 0) is 11.3 Å². The summed E-state index contributed by atoms with van der Waals surface area (Å²) in [5.41, 5.74) is 0. The fourth-order valence-corrected chi connectivity index (χ4v) is 3.90. The number of aromatic nitrogens is 2. The predicted molar refractivity (Wildman–Crippen MR) is 88.8 cm³/mol. The molecule has 1 aromatic rings. The largest absolute Gasteiger partial charge is 0.406 e. The lowest BCUT2D eigenvalue weighted by molar-refractivity contribution is -0.168. The second kappa shape index (κ2) is 7.38. The van der Waals surface area contributed by atoms with Crippen molar-refractivity contribution in [2.24, 2.45) is 0 Å². The molecule has 1 atom stereocenters. The Morgan fingerprint density at radius 2 is 1.81 bits per heavy atom. The van der Waals surface area contributed by atoms with Crippen LogP contribution in [0.2, 0.25) is 0 Å². The van der Waals surface area contributed by atoms with Crippen LogP contribution in [0.3, 0.4) is 0 Å². The first-order valence-corrected chi connectivity index (χ1v) is 9.53. The van der Waals surface area contributed by atoms with Gasteiger partial charge < -0.3 is 9.42 Å². The van der Waals surface area contributed by atoms with Crippen LogP contribution in [-0.4, -0.2) is 82.2 Å². The molecule has 0 spiro atoms. The van der Waals surface area contributed by atoms with Gasteiger partial charge in [0.15, 0.2) is 5.82 Å². The third kappa shape index (κ3) is 4.60. The van der Waals surface area contributed by atoms with Crippen molar-refractivity contribution in [3.63, 3.8) is 0 Å². The van der Waals surface area contributed by atoms with Crippen molar-refractivity contribution in [1.82, 2.24) is 24.8 Å². The molecule has 2 saturated heterocycles. The number of halogens is 3. The van der Waals surface area contributed by atoms with Gasteiger partial charge >= 0.3 is 6.18 Å². The zero-order valence-electron chi connectivity index (χ0n) is 15.1. The van der Waals surface area contributed by atoms with Crippen molar-refractivity contribution in [3.8, 4) is 0 Å². The van der Waals surface area contributed by atoms with Gasteiger partial charge in [0, 0.05) is 38.6 Å². The quantitative estimate of drug-likeness (QED) is 0.765. The number of piperazine rings is 1. The van der Waals surface area contributed by atoms with Crippen LogP contribution in [0.5, 0.6) is 0 Å². The second-order valence-corrected chi connectivity index (χ2v) is 7.67. The number of carbonyl (C=O) groups excluding carboxylic acids is 1. The Balaban J connectivity index is 1.28. The summed E-state index contributed by atoms with van der Waals surface area (Å²) in [6.45, 7) is 2.37. The van der Waals surface area contributed by atoms with E-state index in [0.29, 0.717) is 44.3 Å². The molecule has 2 aliphatic heterocycles. The molecule has 150 valence electrons. The van der Waals surface area contributed by atoms with E-state index in [4.69, 9.17) is 4.52 Å². The maximum atomic E-state index is 12.7. The molecule has 0 radical (unpaired) electrons. The monoisotopic (exact) mass is 387 g/mol. The number of nitrogens with zero attached hydrogens (tertiary/aromatic N) is 5. The van der Waals surface area contributed by atoms with E-state index in [1.54, 1.807) is 0 Å². The minimum atomic E-state index is -4.35. The summed E-state index contributed by atoms with van der Waals surface area (Å²) in [7, 11) is 0. The van der Waals surface area contributed by atoms with Crippen molar-refractivity contribution < 1.29 is 22.5 Å². The summed E-state index contributed by atoms with van der Waals surface area (Å²) in [5, 5.41) is 4.01. The summed E-state index contributed by atoms with van der Waals surface area (Å²) in [6.07, 6.45) is -0.864. The Bertz CT molecular complexity index is 668. The number of piperidine rings is 1. The van der Waals surface area contributed by atoms with Crippen LogP contribution in [0, 0.1) is 0 Å². The van der Waals surface area contributed by atoms with Gasteiger partial charge in [-0.3, -0.25) is 14.6 Å². The molecular weight excluding hydrogens is 363 g/mol. The third-order valence-electron chi connectivity index (χ3n) is 5.51. The number of hydrogen-bond acceptors (Lipinski definition) is 6. The number of carbonyl (C=O) groups is 1. The van der Waals surface area contributed by atoms with Crippen LogP contribution >= 0.6 is 0 Å². The van der Waals surface area contributed by atoms with E-state index < -0.39 is 24.7 Å². The van der Waals surface area contributed by atoms with Gasteiger partial charge in [-0.25, -0.2) is 0 Å². The van der Waals surface area contributed by atoms with Gasteiger partial charge in [0.2, 0.25) is 11.8 Å². The van der Waals surface area contributed by atoms with Crippen LogP contribution in [0.1, 0.15) is 43.3 Å². The van der Waals surface area contributed by atoms with E-state index in [1.807, 2.05) is 4.90 Å². The molecule has 1 amide bonds. The molecule has 0 N–H and O–H groups in total. The summed E-state index contributed by atoms with van der Waals surface area (Å²) >= 11 is 0. The highest BCUT2D eigenvalue weighted by Gasteiger charge is 2.40. The number of hydrogen-bond donors (Lipinski definition) is 0. The highest BCUT2D eigenvalue weighted by molar-refractivity contribution is 5.82. The van der Waals surface area contributed by atoms with E-state index >= 15 is 0 Å². The second-order valence-electron chi connectivity index (χ2n) is 7.67. The first-order valence-electron chi connectivity index (χ1n) is 9.53. The van der Waals surface area contributed by atoms with E-state index in [-0.39, 0.29) is 6.54 Å². The van der Waals surface area contributed by atoms with Gasteiger partial charge in [-0.15, -0.1) is 0 Å². The fourth-order valence-electron chi connectivity index (χ4n) is 3.90. The molecule has 7 nitrogen and oxygen atoms in total. The number of likely N-dealkylation sites (tertiary alicyclic amines) is 1. The lowest BCUT2D eigenvalue weighted by Crippen LogP contribution is -2.58. The van der Waals surface area contributed by atoms with Gasteiger partial charge in [0.25, 0.3) is 0 Å². The Morgan fingerprint density at radius 1 is 1.07 bits per heavy atom. The molecule has 3 aliphatic rings. The normalized spacial score (nSPS) is 26.0. The van der Waals surface area contributed by atoms with Crippen LogP contribution in [0.25, 0.3) is 0 Å². The zero-order chi connectivity index (χ0) is 19.0. The topological polar surface area (TPSA) is 65.7 Å². The Kier molecular flexibility index (Phi) is 5.11. The van der Waals surface area contributed by atoms with Crippen molar-refractivity contribution >= 4 is 5.91 Å². The summed E-state index contributed by atoms with van der Waals surface area (Å²) in [5.74, 6) is 1.46. The molecule has 0 unspecified atom stereocenters. The Morgan fingerprint density at radius 3 is 2.48 bits per heavy atom. The van der Waals surface area contributed by atoms with Crippen molar-refractivity contribution in [1.29, 1.82) is 0 Å². The Hall–Kier alpha value is -1.68. The first kappa shape index (κ1) is 18.7. The minimum absolute atomic E-state index is 0.190. The van der Waals surface area contributed by atoms with Gasteiger partial charge in [-0.05, 0) is 25.7 Å². The summed E-state index contributed by atoms with van der Waals surface area (Å²) < 4.78 is 43.3. The molecule has 27 heavy (non-hydrogen) atoms. The maximum absolute atomic E-state index is 12.7. The smallest absolute Gasteiger partial charge is 0.338 e. The summed E-state index contributed by atoms with van der Waals surface area (Å²) in [4.78, 5) is 22.1. The molecule has 3 fully saturated rings. The van der Waals surface area contributed by atoms with E-state index in [9.17, 15) is 18.0 Å². The SMILES string of the molecule is O=C1[C@@H](N2CCN(Cc3nc(C4CC4)no3)CC2)CCCN1CC(F)(F)F. The third-order valence-corrected chi connectivity index (χ3v) is 5.51. The molecule has 1 saturated carbocycles. The highest BCUT2D eigenvalue weighted by Crippen LogP contribution is 2.38. The average molecular weight is 387 g/mol. The maximum Gasteiger partial charge on any atom is 0.406 e. The van der Waals surface area contributed by atoms with Crippen LogP contribution in [0.4, 0.5) is 13.2 Å². The van der Waals surface area contributed by atoms with Gasteiger partial charge in [0.05, 0.1) is 12.6 Å². The molecular formula is C17H24F3N5O2. The molecule has 0 aromatic carbocycles. The van der Waals surface area contributed by atoms with E-state index in [2.05, 4.69) is 15.0 Å². The minimum Gasteiger partial charge on any atom is -0.338 e. The standard InChI is InChI=1S/C17H24F3N5O2/c18-17(19,20)11-25-5-1-2-13(16(25)26)24-8-6-23(7-9-24)10-14-21-15(22-27-14)12-3-4-12/h12-13H,1-11H2/t13-/m0/s1. The van der Waals surface area contributed by atoms with Crippen molar-refractivity contribution in [2.45, 2.75) is 50.4 Å². The van der Waals surface area contributed by atoms with Crippen molar-refractivity contribution in [3.05, 3.63) is 11.7 Å². The fraction of sp³-hybridized carbons (Fsp3) is 0.824. The van der Waals surface area contributed by atoms with E-state index in [0.717, 1.165) is 36.7 Å². The van der Waals surface area contributed by atoms with Crippen molar-refractivity contribution in [2.75, 3.05) is 39.3 Å². The molecule has 10 heteroatoms. The molecule has 1 aliphatic carbocycles. The molecule has 3 heterocycles. The zero-order valence-corrected chi connectivity index (χ0v) is 15.1. The predicted octanol–water partition coefficient (Wildman–Crippen LogP) is 1.62. The highest BCUT2D eigenvalue weighted by atomic mass is 19.4. The lowest BCUT2D eigenvalue weighted by atomic mass is 10.0. The number of amides is 1. The van der Waals surface area contributed by atoms with E-state index in [1.165, 1.54) is 0 Å². The van der Waals surface area contributed by atoms with Gasteiger partial charge in [-0.1, -0.05) is 5.16 Å².